The maximum Gasteiger partial charge on any atom is 0.417 e. The zero-order valence-electron chi connectivity index (χ0n) is 10.6. The van der Waals surface area contributed by atoms with Crippen molar-refractivity contribution >= 4 is 10.9 Å². The first-order valence-corrected chi connectivity index (χ1v) is 5.79. The van der Waals surface area contributed by atoms with Crippen LogP contribution in [-0.4, -0.2) is 15.7 Å². The van der Waals surface area contributed by atoms with Crippen molar-refractivity contribution in [1.82, 2.24) is 9.13 Å². The number of halogens is 3. The highest BCUT2D eigenvalue weighted by Crippen LogP contribution is 2.32. The third-order valence-corrected chi connectivity index (χ3v) is 3.04. The van der Waals surface area contributed by atoms with Gasteiger partial charge >= 0.3 is 11.9 Å². The number of rotatable bonds is 2. The number of benzene rings is 1. The fraction of sp³-hybridized carbons (Fsp3) is 0.333. The second kappa shape index (κ2) is 4.78. The molecule has 2 aromatic rings. The minimum Gasteiger partial charge on any atom is -0.329 e. The van der Waals surface area contributed by atoms with E-state index >= 15 is 0 Å². The van der Waals surface area contributed by atoms with Crippen molar-refractivity contribution in [3.8, 4) is 0 Å². The number of aromatic nitrogens is 2. The predicted octanol–water partition coefficient (Wildman–Crippen LogP) is 0.678. The van der Waals surface area contributed by atoms with Crippen LogP contribution in [0.5, 0.6) is 0 Å². The first-order valence-electron chi connectivity index (χ1n) is 5.79. The molecule has 8 heteroatoms. The summed E-state index contributed by atoms with van der Waals surface area (Å²) in [4.78, 5) is 24.1. The Morgan fingerprint density at radius 3 is 2.45 bits per heavy atom. The van der Waals surface area contributed by atoms with Crippen LogP contribution in [0.3, 0.4) is 0 Å². The average molecular weight is 287 g/mol. The molecule has 0 aliphatic carbocycles. The molecule has 0 radical (unpaired) electrons. The Hall–Kier alpha value is -2.09. The SMILES string of the molecule is Cn1c(=O)n(CCN)c(=O)c2c(C(F)(F)F)cccc21. The molecule has 0 spiro atoms. The number of nitrogens with two attached hydrogens (primary N) is 1. The van der Waals surface area contributed by atoms with Crippen LogP contribution in [0.15, 0.2) is 27.8 Å². The second-order valence-electron chi connectivity index (χ2n) is 4.28. The Balaban J connectivity index is 3.03. The largest absolute Gasteiger partial charge is 0.417 e. The van der Waals surface area contributed by atoms with E-state index in [0.717, 1.165) is 21.3 Å². The van der Waals surface area contributed by atoms with Crippen molar-refractivity contribution in [1.29, 1.82) is 0 Å². The van der Waals surface area contributed by atoms with Crippen LogP contribution in [0.4, 0.5) is 13.2 Å². The van der Waals surface area contributed by atoms with E-state index in [-0.39, 0.29) is 18.6 Å². The van der Waals surface area contributed by atoms with Crippen molar-refractivity contribution in [2.75, 3.05) is 6.54 Å². The molecule has 0 saturated heterocycles. The molecule has 2 N–H and O–H groups in total. The third-order valence-electron chi connectivity index (χ3n) is 3.04. The molecule has 20 heavy (non-hydrogen) atoms. The van der Waals surface area contributed by atoms with Gasteiger partial charge in [-0.25, -0.2) is 4.79 Å². The van der Waals surface area contributed by atoms with Gasteiger partial charge in [-0.15, -0.1) is 0 Å². The van der Waals surface area contributed by atoms with Crippen molar-refractivity contribution in [2.45, 2.75) is 12.7 Å². The molecule has 1 aromatic heterocycles. The molecule has 108 valence electrons. The Kier molecular flexibility index (Phi) is 3.43. The molecule has 0 fully saturated rings. The minimum absolute atomic E-state index is 0.0190. The molecule has 0 aliphatic heterocycles. The molecule has 5 nitrogen and oxygen atoms in total. The number of fused-ring (bicyclic) bond motifs is 1. The zero-order chi connectivity index (χ0) is 15.1. The number of aryl methyl sites for hydroxylation is 1. The van der Waals surface area contributed by atoms with E-state index in [1.54, 1.807) is 0 Å². The maximum atomic E-state index is 13.0. The molecule has 2 rings (SSSR count). The minimum atomic E-state index is -4.67. The van der Waals surface area contributed by atoms with Crippen LogP contribution >= 0.6 is 0 Å². The summed E-state index contributed by atoms with van der Waals surface area (Å²) >= 11 is 0. The van der Waals surface area contributed by atoms with E-state index in [2.05, 4.69) is 0 Å². The topological polar surface area (TPSA) is 70.0 Å². The number of alkyl halides is 3. The van der Waals surface area contributed by atoms with E-state index in [0.29, 0.717) is 0 Å². The summed E-state index contributed by atoms with van der Waals surface area (Å²) in [7, 11) is 1.32. The smallest absolute Gasteiger partial charge is 0.329 e. The van der Waals surface area contributed by atoms with Crippen molar-refractivity contribution in [3.05, 3.63) is 44.6 Å². The first kappa shape index (κ1) is 14.3. The van der Waals surface area contributed by atoms with Crippen LogP contribution in [0.2, 0.25) is 0 Å². The normalized spacial score (nSPS) is 12.1. The molecular formula is C12H12F3N3O2. The molecule has 0 atom stereocenters. The molecule has 0 unspecified atom stereocenters. The van der Waals surface area contributed by atoms with Gasteiger partial charge in [0.25, 0.3) is 5.56 Å². The molecule has 0 saturated carbocycles. The molecular weight excluding hydrogens is 275 g/mol. The lowest BCUT2D eigenvalue weighted by atomic mass is 10.1. The van der Waals surface area contributed by atoms with Gasteiger partial charge in [-0.05, 0) is 12.1 Å². The Bertz CT molecular complexity index is 774. The third kappa shape index (κ3) is 2.11. The summed E-state index contributed by atoms with van der Waals surface area (Å²) < 4.78 is 40.7. The Labute approximate surface area is 111 Å². The quantitative estimate of drug-likeness (QED) is 0.883. The molecule has 0 amide bonds. The number of nitrogens with zero attached hydrogens (tertiary/aromatic N) is 2. The van der Waals surface area contributed by atoms with E-state index in [1.165, 1.54) is 13.1 Å². The van der Waals surface area contributed by atoms with E-state index in [4.69, 9.17) is 5.73 Å². The van der Waals surface area contributed by atoms with Gasteiger partial charge in [0.05, 0.1) is 16.5 Å². The second-order valence-corrected chi connectivity index (χ2v) is 4.28. The van der Waals surface area contributed by atoms with Crippen LogP contribution in [0, 0.1) is 0 Å². The van der Waals surface area contributed by atoms with Crippen molar-refractivity contribution in [3.63, 3.8) is 0 Å². The molecule has 1 heterocycles. The summed E-state index contributed by atoms with van der Waals surface area (Å²) in [5, 5.41) is -0.518. The van der Waals surface area contributed by atoms with Gasteiger partial charge < -0.3 is 5.73 Å². The lowest BCUT2D eigenvalue weighted by Gasteiger charge is -2.14. The van der Waals surface area contributed by atoms with Gasteiger partial charge in [0, 0.05) is 20.1 Å². The zero-order valence-corrected chi connectivity index (χ0v) is 10.6. The maximum absolute atomic E-state index is 13.0. The highest BCUT2D eigenvalue weighted by molar-refractivity contribution is 5.82. The van der Waals surface area contributed by atoms with E-state index in [1.807, 2.05) is 0 Å². The van der Waals surface area contributed by atoms with Gasteiger partial charge in [-0.3, -0.25) is 13.9 Å². The lowest BCUT2D eigenvalue weighted by Crippen LogP contribution is -2.41. The van der Waals surface area contributed by atoms with Crippen molar-refractivity contribution < 1.29 is 13.2 Å². The number of hydrogen-bond acceptors (Lipinski definition) is 3. The van der Waals surface area contributed by atoms with Crippen LogP contribution in [0.1, 0.15) is 5.56 Å². The highest BCUT2D eigenvalue weighted by atomic mass is 19.4. The fourth-order valence-corrected chi connectivity index (χ4v) is 2.11. The Morgan fingerprint density at radius 2 is 1.90 bits per heavy atom. The van der Waals surface area contributed by atoms with Gasteiger partial charge in [-0.2, -0.15) is 13.2 Å². The van der Waals surface area contributed by atoms with Gasteiger partial charge in [0.1, 0.15) is 0 Å². The summed E-state index contributed by atoms with van der Waals surface area (Å²) in [6, 6.07) is 3.29. The highest BCUT2D eigenvalue weighted by Gasteiger charge is 2.34. The van der Waals surface area contributed by atoms with Gasteiger partial charge in [0.15, 0.2) is 0 Å². The predicted molar refractivity (Wildman–Crippen MR) is 67.5 cm³/mol. The average Bonchev–Trinajstić information content (AvgIpc) is 2.39. The van der Waals surface area contributed by atoms with Gasteiger partial charge in [-0.1, -0.05) is 6.07 Å². The molecule has 0 aliphatic rings. The first-order chi connectivity index (χ1) is 9.29. The molecule has 1 aromatic carbocycles. The van der Waals surface area contributed by atoms with E-state index < -0.39 is 28.4 Å². The summed E-state index contributed by atoms with van der Waals surface area (Å²) in [5.74, 6) is 0. The van der Waals surface area contributed by atoms with E-state index in [9.17, 15) is 22.8 Å². The summed E-state index contributed by atoms with van der Waals surface area (Å²) in [6.07, 6.45) is -4.67. The summed E-state index contributed by atoms with van der Waals surface area (Å²) in [5.41, 5.74) is 2.52. The summed E-state index contributed by atoms with van der Waals surface area (Å²) in [6.45, 7) is -0.150. The molecule has 0 bridgehead atoms. The Morgan fingerprint density at radius 1 is 1.25 bits per heavy atom. The fourth-order valence-electron chi connectivity index (χ4n) is 2.11. The van der Waals surface area contributed by atoms with Crippen molar-refractivity contribution in [2.24, 2.45) is 12.8 Å². The monoisotopic (exact) mass is 287 g/mol. The van der Waals surface area contributed by atoms with Crippen LogP contribution < -0.4 is 17.0 Å². The standard InChI is InChI=1S/C12H12F3N3O2/c1-17-8-4-2-3-7(12(13,14)15)9(8)10(19)18(6-5-16)11(17)20/h2-4H,5-6,16H2,1H3. The number of hydrogen-bond donors (Lipinski definition) is 1. The van der Waals surface area contributed by atoms with Crippen LogP contribution in [-0.2, 0) is 19.8 Å². The van der Waals surface area contributed by atoms with Gasteiger partial charge in [0.2, 0.25) is 0 Å². The van der Waals surface area contributed by atoms with Crippen LogP contribution in [0.25, 0.3) is 10.9 Å². The lowest BCUT2D eigenvalue weighted by molar-refractivity contribution is -0.136.